The standard InChI is InChI=1S/C16H12FO/c17-13-8-5-12(6-9-13)15-10-7-11-3-1-2-4-14(11)16(15)18/h1-9,15H,10H2. The smallest absolute Gasteiger partial charge is 0.170 e. The molecule has 0 fully saturated rings. The van der Waals surface area contributed by atoms with Gasteiger partial charge in [0.1, 0.15) is 5.82 Å². The quantitative estimate of drug-likeness (QED) is 0.740. The molecule has 1 nitrogen and oxygen atoms in total. The number of carbonyl (C=O) groups is 1. The second kappa shape index (κ2) is 4.37. The zero-order valence-electron chi connectivity index (χ0n) is 9.77. The number of rotatable bonds is 1. The van der Waals surface area contributed by atoms with E-state index >= 15 is 0 Å². The van der Waals surface area contributed by atoms with E-state index in [-0.39, 0.29) is 17.5 Å². The van der Waals surface area contributed by atoms with E-state index in [2.05, 4.69) is 6.42 Å². The fourth-order valence-corrected chi connectivity index (χ4v) is 2.42. The molecule has 2 heteroatoms. The lowest BCUT2D eigenvalue weighted by Crippen LogP contribution is -2.19. The normalized spacial score (nSPS) is 18.5. The Morgan fingerprint density at radius 2 is 1.72 bits per heavy atom. The zero-order valence-corrected chi connectivity index (χ0v) is 9.77. The maximum Gasteiger partial charge on any atom is 0.170 e. The van der Waals surface area contributed by atoms with Crippen LogP contribution in [0.5, 0.6) is 0 Å². The van der Waals surface area contributed by atoms with E-state index in [1.807, 2.05) is 24.3 Å². The highest BCUT2D eigenvalue weighted by Gasteiger charge is 2.28. The van der Waals surface area contributed by atoms with Crippen molar-refractivity contribution in [2.24, 2.45) is 0 Å². The van der Waals surface area contributed by atoms with Gasteiger partial charge in [0.25, 0.3) is 0 Å². The second-order valence-electron chi connectivity index (χ2n) is 4.50. The summed E-state index contributed by atoms with van der Waals surface area (Å²) in [6.07, 6.45) is 2.76. The van der Waals surface area contributed by atoms with Gasteiger partial charge in [-0.15, -0.1) is 0 Å². The van der Waals surface area contributed by atoms with Crippen LogP contribution in [0, 0.1) is 12.2 Å². The molecule has 1 aliphatic carbocycles. The van der Waals surface area contributed by atoms with Gasteiger partial charge in [0.15, 0.2) is 5.78 Å². The van der Waals surface area contributed by atoms with Gasteiger partial charge in [0.2, 0.25) is 0 Å². The van der Waals surface area contributed by atoms with E-state index in [9.17, 15) is 9.18 Å². The van der Waals surface area contributed by atoms with E-state index < -0.39 is 0 Å². The van der Waals surface area contributed by atoms with Gasteiger partial charge in [-0.05, 0) is 36.1 Å². The van der Waals surface area contributed by atoms with Crippen molar-refractivity contribution in [2.75, 3.05) is 0 Å². The molecule has 2 aromatic rings. The molecule has 3 rings (SSSR count). The van der Waals surface area contributed by atoms with E-state index in [1.54, 1.807) is 12.1 Å². The maximum atomic E-state index is 12.9. The van der Waals surface area contributed by atoms with Crippen molar-refractivity contribution in [2.45, 2.75) is 12.3 Å². The Kier molecular flexibility index (Phi) is 2.71. The van der Waals surface area contributed by atoms with Crippen LogP contribution in [0.15, 0.2) is 48.5 Å². The summed E-state index contributed by atoms with van der Waals surface area (Å²) in [6.45, 7) is 0. The highest BCUT2D eigenvalue weighted by molar-refractivity contribution is 6.03. The Hall–Kier alpha value is -1.96. The molecule has 0 aromatic heterocycles. The summed E-state index contributed by atoms with van der Waals surface area (Å²) >= 11 is 0. The number of hydrogen-bond acceptors (Lipinski definition) is 1. The molecule has 0 heterocycles. The van der Waals surface area contributed by atoms with E-state index in [4.69, 9.17) is 0 Å². The Morgan fingerprint density at radius 3 is 2.50 bits per heavy atom. The van der Waals surface area contributed by atoms with Gasteiger partial charge in [0, 0.05) is 11.5 Å². The largest absolute Gasteiger partial charge is 0.293 e. The molecular weight excluding hydrogens is 227 g/mol. The molecular formula is C16H12FO. The number of benzene rings is 2. The van der Waals surface area contributed by atoms with Crippen molar-refractivity contribution >= 4 is 5.78 Å². The van der Waals surface area contributed by atoms with Gasteiger partial charge in [-0.3, -0.25) is 4.79 Å². The summed E-state index contributed by atoms with van der Waals surface area (Å²) in [5, 5.41) is 0. The van der Waals surface area contributed by atoms with Crippen molar-refractivity contribution in [3.05, 3.63) is 77.5 Å². The first-order valence-electron chi connectivity index (χ1n) is 5.97. The fraction of sp³-hybridized carbons (Fsp3) is 0.125. The van der Waals surface area contributed by atoms with Crippen LogP contribution < -0.4 is 0 Å². The van der Waals surface area contributed by atoms with Crippen LogP contribution in [0.25, 0.3) is 0 Å². The number of Topliss-reactive ketones (excluding diaryl/α,β-unsaturated/α-hetero) is 1. The molecule has 0 N–H and O–H groups in total. The van der Waals surface area contributed by atoms with Gasteiger partial charge in [-0.2, -0.15) is 0 Å². The maximum absolute atomic E-state index is 12.9. The van der Waals surface area contributed by atoms with E-state index in [0.29, 0.717) is 6.42 Å². The van der Waals surface area contributed by atoms with Crippen molar-refractivity contribution < 1.29 is 9.18 Å². The third-order valence-corrected chi connectivity index (χ3v) is 3.39. The third-order valence-electron chi connectivity index (χ3n) is 3.39. The zero-order chi connectivity index (χ0) is 12.5. The molecule has 2 aromatic carbocycles. The average molecular weight is 239 g/mol. The van der Waals surface area contributed by atoms with Crippen molar-refractivity contribution in [1.82, 2.24) is 0 Å². The molecule has 0 bridgehead atoms. The van der Waals surface area contributed by atoms with Gasteiger partial charge < -0.3 is 0 Å². The van der Waals surface area contributed by atoms with E-state index in [0.717, 1.165) is 16.7 Å². The van der Waals surface area contributed by atoms with Crippen LogP contribution in [0.2, 0.25) is 0 Å². The molecule has 18 heavy (non-hydrogen) atoms. The first-order valence-corrected chi connectivity index (χ1v) is 5.97. The Balaban J connectivity index is 1.97. The topological polar surface area (TPSA) is 17.1 Å². The summed E-state index contributed by atoms with van der Waals surface area (Å²) in [5.74, 6) is -0.327. The minimum Gasteiger partial charge on any atom is -0.293 e. The monoisotopic (exact) mass is 239 g/mol. The lowest BCUT2D eigenvalue weighted by Gasteiger charge is -2.23. The Bertz CT molecular complexity index is 586. The summed E-state index contributed by atoms with van der Waals surface area (Å²) in [6, 6.07) is 13.8. The van der Waals surface area contributed by atoms with Crippen molar-refractivity contribution in [3.8, 4) is 0 Å². The molecule has 0 saturated carbocycles. The number of hydrogen-bond donors (Lipinski definition) is 0. The lowest BCUT2D eigenvalue weighted by molar-refractivity contribution is 0.0953. The van der Waals surface area contributed by atoms with Crippen LogP contribution in [0.3, 0.4) is 0 Å². The molecule has 89 valence electrons. The lowest BCUT2D eigenvalue weighted by atomic mass is 9.79. The average Bonchev–Trinajstić information content (AvgIpc) is 2.41. The van der Waals surface area contributed by atoms with Gasteiger partial charge in [-0.1, -0.05) is 36.4 Å². The molecule has 1 unspecified atom stereocenters. The summed E-state index contributed by atoms with van der Waals surface area (Å²) in [5.41, 5.74) is 2.64. The SMILES string of the molecule is O=C1c2ccccc2[CH]CC1c1ccc(F)cc1. The summed E-state index contributed by atoms with van der Waals surface area (Å²) in [7, 11) is 0. The minimum absolute atomic E-state index is 0.125. The predicted molar refractivity (Wildman–Crippen MR) is 67.9 cm³/mol. The van der Waals surface area contributed by atoms with Crippen LogP contribution >= 0.6 is 0 Å². The molecule has 0 amide bonds. The Morgan fingerprint density at radius 1 is 1.00 bits per heavy atom. The number of ketones is 1. The summed E-state index contributed by atoms with van der Waals surface area (Å²) in [4.78, 5) is 12.4. The van der Waals surface area contributed by atoms with Crippen molar-refractivity contribution in [3.63, 3.8) is 0 Å². The Labute approximate surface area is 105 Å². The molecule has 0 saturated heterocycles. The van der Waals surface area contributed by atoms with Gasteiger partial charge in [0.05, 0.1) is 0 Å². The van der Waals surface area contributed by atoms with Gasteiger partial charge in [-0.25, -0.2) is 4.39 Å². The highest BCUT2D eigenvalue weighted by Crippen LogP contribution is 2.33. The molecule has 0 aliphatic heterocycles. The minimum atomic E-state index is -0.272. The first-order chi connectivity index (χ1) is 8.75. The highest BCUT2D eigenvalue weighted by atomic mass is 19.1. The van der Waals surface area contributed by atoms with Crippen LogP contribution in [0.4, 0.5) is 4.39 Å². The molecule has 0 spiro atoms. The third kappa shape index (κ3) is 1.84. The number of carbonyl (C=O) groups excluding carboxylic acids is 1. The van der Waals surface area contributed by atoms with Gasteiger partial charge >= 0.3 is 0 Å². The van der Waals surface area contributed by atoms with E-state index in [1.165, 1.54) is 12.1 Å². The number of halogens is 1. The van der Waals surface area contributed by atoms with Crippen LogP contribution in [-0.4, -0.2) is 5.78 Å². The summed E-state index contributed by atoms with van der Waals surface area (Å²) < 4.78 is 12.9. The second-order valence-corrected chi connectivity index (χ2v) is 4.50. The molecule has 1 atom stereocenters. The predicted octanol–water partition coefficient (Wildman–Crippen LogP) is 3.75. The molecule has 1 radical (unpaired) electrons. The molecule has 1 aliphatic rings. The first kappa shape index (κ1) is 11.1. The fourth-order valence-electron chi connectivity index (χ4n) is 2.42. The van der Waals surface area contributed by atoms with Crippen LogP contribution in [-0.2, 0) is 0 Å². The number of fused-ring (bicyclic) bond motifs is 1. The van der Waals surface area contributed by atoms with Crippen LogP contribution in [0.1, 0.15) is 33.8 Å². The van der Waals surface area contributed by atoms with Crippen molar-refractivity contribution in [1.29, 1.82) is 0 Å².